The van der Waals surface area contributed by atoms with Crippen molar-refractivity contribution in [2.45, 2.75) is 0 Å². The number of rotatable bonds is 3. The fourth-order valence-electron chi connectivity index (χ4n) is 3.37. The molecule has 5 nitrogen and oxygen atoms in total. The largest absolute Gasteiger partial charge is 0.316 e. The quantitative estimate of drug-likeness (QED) is 0.899. The van der Waals surface area contributed by atoms with Gasteiger partial charge in [-0.1, -0.05) is 23.5 Å². The summed E-state index contributed by atoms with van der Waals surface area (Å²) in [4.78, 5) is 18.9. The summed E-state index contributed by atoms with van der Waals surface area (Å²) in [6.45, 7) is 4.74. The summed E-state index contributed by atoms with van der Waals surface area (Å²) in [7, 11) is 0. The topological polar surface area (TPSA) is 57.3 Å². The number of amides is 1. The van der Waals surface area contributed by atoms with Crippen LogP contribution >= 0.6 is 11.3 Å². The zero-order valence-electron chi connectivity index (χ0n) is 11.7. The second kappa shape index (κ2) is 5.36. The van der Waals surface area contributed by atoms with Crippen molar-refractivity contribution < 1.29 is 4.79 Å². The Morgan fingerprint density at radius 1 is 1.33 bits per heavy atom. The van der Waals surface area contributed by atoms with E-state index >= 15 is 0 Å². The molecule has 2 N–H and O–H groups in total. The van der Waals surface area contributed by atoms with Gasteiger partial charge >= 0.3 is 0 Å². The molecule has 2 aliphatic heterocycles. The Bertz CT molecular complexity index is 625. The number of carbonyl (C=O) groups excluding carboxylic acids is 1. The highest BCUT2D eigenvalue weighted by molar-refractivity contribution is 7.22. The van der Waals surface area contributed by atoms with Crippen molar-refractivity contribution in [1.82, 2.24) is 15.2 Å². The first-order valence-electron chi connectivity index (χ1n) is 7.36. The van der Waals surface area contributed by atoms with Gasteiger partial charge in [0.1, 0.15) is 0 Å². The molecule has 1 aromatic heterocycles. The molecular weight excluding hydrogens is 284 g/mol. The molecule has 6 heteroatoms. The lowest BCUT2D eigenvalue weighted by Gasteiger charge is -2.15. The Kier molecular flexibility index (Phi) is 3.37. The van der Waals surface area contributed by atoms with E-state index in [0.717, 1.165) is 48.2 Å². The third-order valence-corrected chi connectivity index (χ3v) is 5.32. The molecule has 110 valence electrons. The summed E-state index contributed by atoms with van der Waals surface area (Å²) in [5.74, 6) is 1.49. The van der Waals surface area contributed by atoms with E-state index in [-0.39, 0.29) is 5.91 Å². The summed E-state index contributed by atoms with van der Waals surface area (Å²) in [5.41, 5.74) is 0.944. The SMILES string of the molecule is O=C(CN1C[C@H]2CNC[C@H]2C1)Nc1nc2ccccc2s1. The molecular formula is C15H18N4OS. The van der Waals surface area contributed by atoms with E-state index in [1.807, 2.05) is 24.3 Å². The van der Waals surface area contributed by atoms with Gasteiger partial charge in [-0.05, 0) is 37.1 Å². The fourth-order valence-corrected chi connectivity index (χ4v) is 4.25. The average Bonchev–Trinajstić information content (AvgIpc) is 3.11. The summed E-state index contributed by atoms with van der Waals surface area (Å²) >= 11 is 1.53. The van der Waals surface area contributed by atoms with Crippen LogP contribution in [0.3, 0.4) is 0 Å². The zero-order valence-corrected chi connectivity index (χ0v) is 12.5. The minimum absolute atomic E-state index is 0.0435. The Labute approximate surface area is 127 Å². The monoisotopic (exact) mass is 302 g/mol. The van der Waals surface area contributed by atoms with E-state index in [4.69, 9.17) is 0 Å². The van der Waals surface area contributed by atoms with Gasteiger partial charge in [-0.3, -0.25) is 9.69 Å². The number of fused-ring (bicyclic) bond motifs is 2. The number of hydrogen-bond acceptors (Lipinski definition) is 5. The maximum atomic E-state index is 12.2. The molecule has 2 fully saturated rings. The van der Waals surface area contributed by atoms with Crippen molar-refractivity contribution in [2.24, 2.45) is 11.8 Å². The minimum atomic E-state index is 0.0435. The molecule has 2 saturated heterocycles. The fraction of sp³-hybridized carbons (Fsp3) is 0.467. The molecule has 3 heterocycles. The van der Waals surface area contributed by atoms with Gasteiger partial charge in [0.15, 0.2) is 5.13 Å². The van der Waals surface area contributed by atoms with Gasteiger partial charge in [0, 0.05) is 13.1 Å². The van der Waals surface area contributed by atoms with Crippen molar-refractivity contribution >= 4 is 32.6 Å². The molecule has 2 aromatic rings. The molecule has 0 unspecified atom stereocenters. The van der Waals surface area contributed by atoms with Crippen LogP contribution in [0.1, 0.15) is 0 Å². The molecule has 0 aliphatic carbocycles. The Morgan fingerprint density at radius 2 is 2.10 bits per heavy atom. The van der Waals surface area contributed by atoms with Crippen molar-refractivity contribution in [3.63, 3.8) is 0 Å². The number of thiazole rings is 1. The molecule has 2 aliphatic rings. The van der Waals surface area contributed by atoms with E-state index in [1.54, 1.807) is 0 Å². The van der Waals surface area contributed by atoms with E-state index in [0.29, 0.717) is 11.7 Å². The van der Waals surface area contributed by atoms with Crippen LogP contribution in [-0.2, 0) is 4.79 Å². The normalized spacial score (nSPS) is 25.3. The second-order valence-corrected chi connectivity index (χ2v) is 6.94. The first-order valence-corrected chi connectivity index (χ1v) is 8.18. The van der Waals surface area contributed by atoms with Gasteiger partial charge in [-0.15, -0.1) is 0 Å². The third-order valence-electron chi connectivity index (χ3n) is 4.37. The Hall–Kier alpha value is -1.50. The molecule has 1 aromatic carbocycles. The highest BCUT2D eigenvalue weighted by Gasteiger charge is 2.36. The lowest BCUT2D eigenvalue weighted by molar-refractivity contribution is -0.117. The van der Waals surface area contributed by atoms with E-state index in [2.05, 4.69) is 20.5 Å². The number of benzene rings is 1. The predicted octanol–water partition coefficient (Wildman–Crippen LogP) is 1.39. The number of nitrogens with one attached hydrogen (secondary N) is 2. The van der Waals surface area contributed by atoms with Crippen LogP contribution in [0.4, 0.5) is 5.13 Å². The van der Waals surface area contributed by atoms with Crippen LogP contribution in [0.2, 0.25) is 0 Å². The smallest absolute Gasteiger partial charge is 0.240 e. The Balaban J connectivity index is 1.37. The molecule has 0 radical (unpaired) electrons. The van der Waals surface area contributed by atoms with Gasteiger partial charge in [0.2, 0.25) is 5.91 Å². The molecule has 21 heavy (non-hydrogen) atoms. The maximum absolute atomic E-state index is 12.2. The van der Waals surface area contributed by atoms with Gasteiger partial charge < -0.3 is 10.6 Å². The summed E-state index contributed by atoms with van der Waals surface area (Å²) in [5, 5.41) is 7.05. The number of nitrogens with zero attached hydrogens (tertiary/aromatic N) is 2. The average molecular weight is 302 g/mol. The summed E-state index contributed by atoms with van der Waals surface area (Å²) in [6, 6.07) is 7.95. The molecule has 0 saturated carbocycles. The number of carbonyl (C=O) groups is 1. The molecule has 2 atom stereocenters. The number of hydrogen-bond donors (Lipinski definition) is 2. The molecule has 1 amide bonds. The van der Waals surface area contributed by atoms with Crippen LogP contribution in [0.5, 0.6) is 0 Å². The summed E-state index contributed by atoms with van der Waals surface area (Å²) in [6.07, 6.45) is 0. The van der Waals surface area contributed by atoms with Gasteiger partial charge in [0.05, 0.1) is 16.8 Å². The van der Waals surface area contributed by atoms with Gasteiger partial charge in [0.25, 0.3) is 0 Å². The van der Waals surface area contributed by atoms with Crippen LogP contribution in [0.15, 0.2) is 24.3 Å². The summed E-state index contributed by atoms with van der Waals surface area (Å²) < 4.78 is 1.11. The highest BCUT2D eigenvalue weighted by Crippen LogP contribution is 2.27. The molecule has 0 spiro atoms. The molecule has 4 rings (SSSR count). The second-order valence-electron chi connectivity index (χ2n) is 5.91. The zero-order chi connectivity index (χ0) is 14.2. The van der Waals surface area contributed by atoms with Gasteiger partial charge in [-0.25, -0.2) is 4.98 Å². The lowest BCUT2D eigenvalue weighted by Crippen LogP contribution is -2.33. The lowest BCUT2D eigenvalue weighted by atomic mass is 10.0. The maximum Gasteiger partial charge on any atom is 0.240 e. The van der Waals surface area contributed by atoms with Crippen molar-refractivity contribution in [2.75, 3.05) is 38.0 Å². The van der Waals surface area contributed by atoms with Crippen LogP contribution < -0.4 is 10.6 Å². The van der Waals surface area contributed by atoms with Crippen molar-refractivity contribution in [3.8, 4) is 0 Å². The standard InChI is InChI=1S/C15H18N4OS/c20-14(9-19-7-10-5-16-6-11(10)8-19)18-15-17-12-3-1-2-4-13(12)21-15/h1-4,10-11,16H,5-9H2,(H,17,18,20)/t10-,11+. The predicted molar refractivity (Wildman–Crippen MR) is 84.5 cm³/mol. The van der Waals surface area contributed by atoms with Crippen molar-refractivity contribution in [1.29, 1.82) is 0 Å². The number of anilines is 1. The molecule has 0 bridgehead atoms. The van der Waals surface area contributed by atoms with Crippen LogP contribution in [0, 0.1) is 11.8 Å². The third kappa shape index (κ3) is 2.66. The van der Waals surface area contributed by atoms with Crippen molar-refractivity contribution in [3.05, 3.63) is 24.3 Å². The first-order chi connectivity index (χ1) is 10.3. The van der Waals surface area contributed by atoms with Crippen LogP contribution in [0.25, 0.3) is 10.2 Å². The number of aromatic nitrogens is 1. The van der Waals surface area contributed by atoms with E-state index < -0.39 is 0 Å². The number of para-hydroxylation sites is 1. The minimum Gasteiger partial charge on any atom is -0.316 e. The van der Waals surface area contributed by atoms with E-state index in [9.17, 15) is 4.79 Å². The highest BCUT2D eigenvalue weighted by atomic mass is 32.1. The van der Waals surface area contributed by atoms with E-state index in [1.165, 1.54) is 11.3 Å². The number of likely N-dealkylation sites (tertiary alicyclic amines) is 1. The first kappa shape index (κ1) is 13.2. The van der Waals surface area contributed by atoms with Gasteiger partial charge in [-0.2, -0.15) is 0 Å². The van der Waals surface area contributed by atoms with Crippen LogP contribution in [-0.4, -0.2) is 48.5 Å². The Morgan fingerprint density at radius 3 is 2.86 bits per heavy atom.